The lowest BCUT2D eigenvalue weighted by molar-refractivity contribution is -0.167. The van der Waals surface area contributed by atoms with Crippen LogP contribution in [-0.2, 0) is 28.6 Å². The summed E-state index contributed by atoms with van der Waals surface area (Å²) in [7, 11) is 0. The molecule has 0 heterocycles. The van der Waals surface area contributed by atoms with Crippen LogP contribution in [0.4, 0.5) is 0 Å². The summed E-state index contributed by atoms with van der Waals surface area (Å²) in [5, 5.41) is 0. The zero-order chi connectivity index (χ0) is 36.2. The van der Waals surface area contributed by atoms with Gasteiger partial charge < -0.3 is 14.2 Å². The van der Waals surface area contributed by atoms with Gasteiger partial charge in [-0.05, 0) is 31.1 Å². The molecule has 6 nitrogen and oxygen atoms in total. The van der Waals surface area contributed by atoms with Crippen molar-refractivity contribution < 1.29 is 28.6 Å². The average Bonchev–Trinajstić information content (AvgIpc) is 3.08. The Morgan fingerprint density at radius 2 is 0.776 bits per heavy atom. The zero-order valence-corrected chi connectivity index (χ0v) is 33.3. The molecule has 0 amide bonds. The summed E-state index contributed by atoms with van der Waals surface area (Å²) in [5.74, 6) is 0.704. The Labute approximate surface area is 304 Å². The molecule has 49 heavy (non-hydrogen) atoms. The number of carbonyl (C=O) groups excluding carboxylic acids is 3. The van der Waals surface area contributed by atoms with Gasteiger partial charge >= 0.3 is 17.9 Å². The monoisotopic (exact) mass is 695 g/mol. The van der Waals surface area contributed by atoms with Gasteiger partial charge in [0.1, 0.15) is 13.2 Å². The van der Waals surface area contributed by atoms with Crippen molar-refractivity contribution in [2.75, 3.05) is 13.2 Å². The van der Waals surface area contributed by atoms with Crippen LogP contribution in [0.15, 0.2) is 0 Å². The molecule has 0 radical (unpaired) electrons. The average molecular weight is 695 g/mol. The summed E-state index contributed by atoms with van der Waals surface area (Å²) >= 11 is 0. The van der Waals surface area contributed by atoms with Gasteiger partial charge in [-0.1, -0.05) is 189 Å². The molecule has 0 aromatic carbocycles. The molecule has 0 N–H and O–H groups in total. The van der Waals surface area contributed by atoms with E-state index in [-0.39, 0.29) is 31.1 Å². The smallest absolute Gasteiger partial charge is 0.306 e. The SMILES string of the molecule is CCCCCCCCCCCCCCC(=O)OC[C@H](COC(=O)CCCCCCCCC(C)CC)OC(=O)CCCCCCCCC(C)C. The Hall–Kier alpha value is -1.59. The van der Waals surface area contributed by atoms with Crippen LogP contribution < -0.4 is 0 Å². The minimum Gasteiger partial charge on any atom is -0.462 e. The van der Waals surface area contributed by atoms with E-state index in [9.17, 15) is 14.4 Å². The van der Waals surface area contributed by atoms with E-state index >= 15 is 0 Å². The first-order valence-electron chi connectivity index (χ1n) is 21.3. The van der Waals surface area contributed by atoms with Crippen molar-refractivity contribution in [3.05, 3.63) is 0 Å². The van der Waals surface area contributed by atoms with E-state index < -0.39 is 6.10 Å². The molecule has 0 aliphatic heterocycles. The van der Waals surface area contributed by atoms with Gasteiger partial charge in [-0.3, -0.25) is 14.4 Å². The number of ether oxygens (including phenoxy) is 3. The van der Waals surface area contributed by atoms with Crippen molar-refractivity contribution in [3.63, 3.8) is 0 Å². The maximum atomic E-state index is 12.6. The fourth-order valence-corrected chi connectivity index (χ4v) is 6.19. The molecule has 6 heteroatoms. The number of rotatable bonds is 37. The number of esters is 3. The van der Waals surface area contributed by atoms with Crippen molar-refractivity contribution in [2.24, 2.45) is 11.8 Å². The Balaban J connectivity index is 4.34. The maximum absolute atomic E-state index is 12.6. The summed E-state index contributed by atoms with van der Waals surface area (Å²) in [6.07, 6.45) is 32.4. The number of hydrogen-bond acceptors (Lipinski definition) is 6. The van der Waals surface area contributed by atoms with Gasteiger partial charge in [0.2, 0.25) is 0 Å². The molecule has 0 saturated heterocycles. The van der Waals surface area contributed by atoms with Crippen molar-refractivity contribution in [3.8, 4) is 0 Å². The van der Waals surface area contributed by atoms with Crippen LogP contribution in [0.25, 0.3) is 0 Å². The molecule has 290 valence electrons. The van der Waals surface area contributed by atoms with E-state index in [0.29, 0.717) is 19.3 Å². The van der Waals surface area contributed by atoms with E-state index in [2.05, 4.69) is 34.6 Å². The molecule has 0 aromatic rings. The van der Waals surface area contributed by atoms with Crippen LogP contribution in [0.1, 0.15) is 227 Å². The minimum atomic E-state index is -0.760. The largest absolute Gasteiger partial charge is 0.462 e. The molecule has 0 saturated carbocycles. The van der Waals surface area contributed by atoms with Crippen molar-refractivity contribution >= 4 is 17.9 Å². The van der Waals surface area contributed by atoms with Crippen LogP contribution in [-0.4, -0.2) is 37.2 Å². The lowest BCUT2D eigenvalue weighted by atomic mass is 10.00. The minimum absolute atomic E-state index is 0.0669. The quantitative estimate of drug-likeness (QED) is 0.0366. The fraction of sp³-hybridized carbons (Fsp3) is 0.930. The van der Waals surface area contributed by atoms with Crippen LogP contribution in [0.5, 0.6) is 0 Å². The van der Waals surface area contributed by atoms with Crippen molar-refractivity contribution in [1.82, 2.24) is 0 Å². The van der Waals surface area contributed by atoms with Crippen LogP contribution in [0, 0.1) is 11.8 Å². The highest BCUT2D eigenvalue weighted by molar-refractivity contribution is 5.71. The highest BCUT2D eigenvalue weighted by Gasteiger charge is 2.19. The van der Waals surface area contributed by atoms with E-state index in [0.717, 1.165) is 69.6 Å². The third-order valence-electron chi connectivity index (χ3n) is 9.83. The summed E-state index contributed by atoms with van der Waals surface area (Å²) in [6, 6.07) is 0. The van der Waals surface area contributed by atoms with Gasteiger partial charge in [0.05, 0.1) is 0 Å². The molecule has 1 unspecified atom stereocenters. The predicted molar refractivity (Wildman–Crippen MR) is 206 cm³/mol. The third-order valence-corrected chi connectivity index (χ3v) is 9.83. The highest BCUT2D eigenvalue weighted by Crippen LogP contribution is 2.16. The fourth-order valence-electron chi connectivity index (χ4n) is 6.19. The Bertz CT molecular complexity index is 751. The van der Waals surface area contributed by atoms with Crippen molar-refractivity contribution in [2.45, 2.75) is 233 Å². The Morgan fingerprint density at radius 1 is 0.429 bits per heavy atom. The predicted octanol–water partition coefficient (Wildman–Crippen LogP) is 13.0. The maximum Gasteiger partial charge on any atom is 0.306 e. The standard InChI is InChI=1S/C43H82O6/c1-6-8-9-10-11-12-13-14-15-16-23-28-33-41(44)47-36-40(49-43(46)35-30-25-19-17-21-26-31-38(3)4)37-48-42(45)34-29-24-20-18-22-27-32-39(5)7-2/h38-40H,6-37H2,1-5H3/t39?,40-/m1/s1. The normalized spacial score (nSPS) is 12.6. The number of carbonyl (C=O) groups is 3. The lowest BCUT2D eigenvalue weighted by Gasteiger charge is -2.18. The summed E-state index contributed by atoms with van der Waals surface area (Å²) in [6.45, 7) is 11.2. The number of unbranched alkanes of at least 4 members (excludes halogenated alkanes) is 21. The molecule has 0 fully saturated rings. The lowest BCUT2D eigenvalue weighted by Crippen LogP contribution is -2.30. The molecule has 0 aliphatic rings. The van der Waals surface area contributed by atoms with Gasteiger partial charge in [0.25, 0.3) is 0 Å². The molecule has 0 bridgehead atoms. The van der Waals surface area contributed by atoms with E-state index in [1.54, 1.807) is 0 Å². The molecular formula is C43H82O6. The summed E-state index contributed by atoms with van der Waals surface area (Å²) in [5.41, 5.74) is 0. The van der Waals surface area contributed by atoms with Crippen LogP contribution in [0.2, 0.25) is 0 Å². The summed E-state index contributed by atoms with van der Waals surface area (Å²) < 4.78 is 16.6. The first kappa shape index (κ1) is 47.4. The van der Waals surface area contributed by atoms with Gasteiger partial charge in [0, 0.05) is 19.3 Å². The second kappa shape index (κ2) is 36.2. The molecular weight excluding hydrogens is 612 g/mol. The zero-order valence-electron chi connectivity index (χ0n) is 33.3. The molecule has 0 aliphatic carbocycles. The van der Waals surface area contributed by atoms with E-state index in [1.165, 1.54) is 116 Å². The number of hydrogen-bond donors (Lipinski definition) is 0. The van der Waals surface area contributed by atoms with Crippen molar-refractivity contribution in [1.29, 1.82) is 0 Å². The first-order valence-corrected chi connectivity index (χ1v) is 21.3. The molecule has 0 rings (SSSR count). The van der Waals surface area contributed by atoms with E-state index in [1.807, 2.05) is 0 Å². The molecule has 0 spiro atoms. The Kier molecular flexibility index (Phi) is 35.0. The highest BCUT2D eigenvalue weighted by atomic mass is 16.6. The first-order chi connectivity index (χ1) is 23.8. The van der Waals surface area contributed by atoms with Crippen LogP contribution >= 0.6 is 0 Å². The molecule has 0 aromatic heterocycles. The van der Waals surface area contributed by atoms with Crippen LogP contribution in [0.3, 0.4) is 0 Å². The second-order valence-corrected chi connectivity index (χ2v) is 15.3. The van der Waals surface area contributed by atoms with Gasteiger partial charge in [0.15, 0.2) is 6.10 Å². The van der Waals surface area contributed by atoms with Gasteiger partial charge in [-0.25, -0.2) is 0 Å². The Morgan fingerprint density at radius 3 is 1.16 bits per heavy atom. The summed E-state index contributed by atoms with van der Waals surface area (Å²) in [4.78, 5) is 37.5. The topological polar surface area (TPSA) is 78.9 Å². The molecule has 2 atom stereocenters. The second-order valence-electron chi connectivity index (χ2n) is 15.3. The van der Waals surface area contributed by atoms with Gasteiger partial charge in [-0.2, -0.15) is 0 Å². The van der Waals surface area contributed by atoms with E-state index in [4.69, 9.17) is 14.2 Å². The van der Waals surface area contributed by atoms with Gasteiger partial charge in [-0.15, -0.1) is 0 Å². The third kappa shape index (κ3) is 36.0.